The lowest BCUT2D eigenvalue weighted by Gasteiger charge is -2.22. The van der Waals surface area contributed by atoms with E-state index in [1.165, 1.54) is 0 Å². The van der Waals surface area contributed by atoms with Crippen molar-refractivity contribution in [1.29, 1.82) is 0 Å². The maximum Gasteiger partial charge on any atom is 0.340 e. The van der Waals surface area contributed by atoms with Gasteiger partial charge in [-0.3, -0.25) is 32.8 Å². The van der Waals surface area contributed by atoms with Crippen molar-refractivity contribution in [3.8, 4) is 0 Å². The molecule has 1 aliphatic heterocycles. The molecule has 246 valence electrons. The lowest BCUT2D eigenvalue weighted by atomic mass is 9.98. The minimum absolute atomic E-state index is 0.0179. The van der Waals surface area contributed by atoms with Crippen LogP contribution in [-0.4, -0.2) is 37.2 Å². The number of benzene rings is 2. The van der Waals surface area contributed by atoms with E-state index in [2.05, 4.69) is 17.6 Å². The smallest absolute Gasteiger partial charge is 0.340 e. The second-order valence-electron chi connectivity index (χ2n) is 13.1. The number of hydrogen-bond donors (Lipinski definition) is 2. The molecule has 45 heavy (non-hydrogen) atoms. The summed E-state index contributed by atoms with van der Waals surface area (Å²) in [6.07, 6.45) is 4.12. The second kappa shape index (κ2) is 15.2. The number of carbonyl (C=O) groups is 4. The summed E-state index contributed by atoms with van der Waals surface area (Å²) >= 11 is 0. The Bertz CT molecular complexity index is 1420. The first kappa shape index (κ1) is 35.9. The van der Waals surface area contributed by atoms with Crippen molar-refractivity contribution in [2.24, 2.45) is 10.8 Å². The van der Waals surface area contributed by atoms with E-state index in [9.17, 15) is 23.7 Å². The van der Waals surface area contributed by atoms with Crippen LogP contribution < -0.4 is 10.6 Å². The Balaban J connectivity index is 1.77. The molecule has 0 fully saturated rings. The van der Waals surface area contributed by atoms with Gasteiger partial charge in [0, 0.05) is 12.0 Å². The molecule has 0 aromatic heterocycles. The third-order valence-electron chi connectivity index (χ3n) is 6.92. The molecule has 2 N–H and O–H groups in total. The first-order chi connectivity index (χ1) is 21.0. The van der Waals surface area contributed by atoms with E-state index >= 15 is 0 Å². The van der Waals surface area contributed by atoms with E-state index in [1.54, 1.807) is 77.9 Å². The van der Waals surface area contributed by atoms with Crippen LogP contribution in [0.3, 0.4) is 0 Å². The lowest BCUT2D eigenvalue weighted by Crippen LogP contribution is -2.25. The Morgan fingerprint density at radius 1 is 0.756 bits per heavy atom. The summed E-state index contributed by atoms with van der Waals surface area (Å²) in [6.45, 7) is 10.8. The van der Waals surface area contributed by atoms with Crippen molar-refractivity contribution in [1.82, 2.24) is 0 Å². The third kappa shape index (κ3) is 10.5. The van der Waals surface area contributed by atoms with Crippen LogP contribution in [0, 0.1) is 10.8 Å². The summed E-state index contributed by atoms with van der Waals surface area (Å²) in [5.74, 6) is -1.55. The Morgan fingerprint density at radius 3 is 1.93 bits per heavy atom. The van der Waals surface area contributed by atoms with Crippen molar-refractivity contribution in [3.05, 3.63) is 53.1 Å². The molecule has 2 aromatic carbocycles. The molecule has 0 unspecified atom stereocenters. The number of ketones is 1. The molecular formula is C33H45N2O9P. The number of unbranched alkanes of at least 4 members (excludes halogenated alkanes) is 3. The van der Waals surface area contributed by atoms with Crippen LogP contribution in [0.2, 0.25) is 0 Å². The van der Waals surface area contributed by atoms with Gasteiger partial charge in [-0.25, -0.2) is 0 Å². The van der Waals surface area contributed by atoms with Gasteiger partial charge in [0.1, 0.15) is 0 Å². The van der Waals surface area contributed by atoms with E-state index in [4.69, 9.17) is 18.5 Å². The Kier molecular flexibility index (Phi) is 12.1. The average Bonchev–Trinajstić information content (AvgIpc) is 3.09. The highest BCUT2D eigenvalue weighted by atomic mass is 31.2. The van der Waals surface area contributed by atoms with Crippen molar-refractivity contribution < 1.29 is 42.3 Å². The van der Waals surface area contributed by atoms with Gasteiger partial charge in [0.2, 0.25) is 13.6 Å². The summed E-state index contributed by atoms with van der Waals surface area (Å²) in [4.78, 5) is 50.5. The summed E-state index contributed by atoms with van der Waals surface area (Å²) < 4.78 is 34.9. The fourth-order valence-corrected chi connectivity index (χ4v) is 5.54. The fourth-order valence-electron chi connectivity index (χ4n) is 4.21. The highest BCUT2D eigenvalue weighted by molar-refractivity contribution is 7.53. The van der Waals surface area contributed by atoms with Gasteiger partial charge in [-0.05, 0) is 83.9 Å². The van der Waals surface area contributed by atoms with E-state index in [0.717, 1.165) is 25.7 Å². The topological polar surface area (TPSA) is 146 Å². The van der Waals surface area contributed by atoms with Gasteiger partial charge in [-0.2, -0.15) is 0 Å². The van der Waals surface area contributed by atoms with Crippen LogP contribution in [0.4, 0.5) is 17.1 Å². The molecule has 0 radical (unpaired) electrons. The monoisotopic (exact) mass is 644 g/mol. The number of ether oxygens (including phenoxy) is 2. The number of amides is 1. The number of esters is 2. The van der Waals surface area contributed by atoms with Crippen molar-refractivity contribution in [3.63, 3.8) is 0 Å². The summed E-state index contributed by atoms with van der Waals surface area (Å²) in [7, 11) is -4.06. The average molecular weight is 645 g/mol. The molecular weight excluding hydrogens is 599 g/mol. The largest absolute Gasteiger partial charge is 0.438 e. The van der Waals surface area contributed by atoms with Gasteiger partial charge >= 0.3 is 19.5 Å². The molecule has 1 aliphatic rings. The summed E-state index contributed by atoms with van der Waals surface area (Å²) in [5.41, 5.74) is 1.18. The van der Waals surface area contributed by atoms with Gasteiger partial charge in [-0.15, -0.1) is 0 Å². The van der Waals surface area contributed by atoms with Crippen LogP contribution in [0.5, 0.6) is 0 Å². The lowest BCUT2D eigenvalue weighted by molar-refractivity contribution is -0.162. The number of rotatable bonds is 14. The number of nitrogens with one attached hydrogen (secondary N) is 2. The van der Waals surface area contributed by atoms with Gasteiger partial charge < -0.3 is 20.1 Å². The van der Waals surface area contributed by atoms with Crippen LogP contribution >= 0.6 is 7.60 Å². The Hall–Kier alpha value is -3.53. The normalized spacial score (nSPS) is 13.1. The quantitative estimate of drug-likeness (QED) is 0.0682. The molecule has 0 bridgehead atoms. The molecule has 1 amide bonds. The highest BCUT2D eigenvalue weighted by Crippen LogP contribution is 2.52. The first-order valence-corrected chi connectivity index (χ1v) is 16.9. The first-order valence-electron chi connectivity index (χ1n) is 15.1. The highest BCUT2D eigenvalue weighted by Gasteiger charge is 2.31. The maximum absolute atomic E-state index is 13.8. The summed E-state index contributed by atoms with van der Waals surface area (Å²) in [5, 5.41) is 6.09. The zero-order valence-electron chi connectivity index (χ0n) is 27.2. The zero-order chi connectivity index (χ0) is 33.4. The minimum Gasteiger partial charge on any atom is -0.438 e. The predicted molar refractivity (Wildman–Crippen MR) is 172 cm³/mol. The van der Waals surface area contributed by atoms with Crippen molar-refractivity contribution in [2.45, 2.75) is 86.7 Å². The molecule has 0 spiro atoms. The van der Waals surface area contributed by atoms with E-state index in [-0.39, 0.29) is 17.5 Å². The molecule has 1 heterocycles. The number of carbonyl (C=O) groups excluding carboxylic acids is 4. The number of Topliss-reactive ketones (excluding diaryl/α,β-unsaturated/α-hetero) is 1. The second-order valence-corrected chi connectivity index (χ2v) is 15.1. The molecule has 12 heteroatoms. The zero-order valence-corrected chi connectivity index (χ0v) is 28.1. The molecule has 0 saturated heterocycles. The van der Waals surface area contributed by atoms with E-state index in [0.29, 0.717) is 34.6 Å². The Labute approximate surface area is 265 Å². The minimum atomic E-state index is -4.06. The van der Waals surface area contributed by atoms with Gasteiger partial charge in [0.05, 0.1) is 39.6 Å². The maximum atomic E-state index is 13.8. The van der Waals surface area contributed by atoms with E-state index in [1.807, 2.05) is 0 Å². The third-order valence-corrected chi connectivity index (χ3v) is 8.67. The number of fused-ring (bicyclic) bond motifs is 2. The Morgan fingerprint density at radius 2 is 1.36 bits per heavy atom. The van der Waals surface area contributed by atoms with Gasteiger partial charge in [-0.1, -0.05) is 32.3 Å². The molecule has 2 aromatic rings. The molecule has 0 aliphatic carbocycles. The number of hydrogen-bond acceptors (Lipinski definition) is 10. The van der Waals surface area contributed by atoms with Crippen molar-refractivity contribution >= 4 is 48.3 Å². The van der Waals surface area contributed by atoms with Crippen LogP contribution in [0.1, 0.15) is 107 Å². The van der Waals surface area contributed by atoms with E-state index < -0.39 is 49.9 Å². The molecule has 11 nitrogen and oxygen atoms in total. The van der Waals surface area contributed by atoms with Crippen LogP contribution in [0.25, 0.3) is 0 Å². The van der Waals surface area contributed by atoms with Crippen LogP contribution in [0.15, 0.2) is 36.4 Å². The molecule has 0 atom stereocenters. The standard InChI is InChI=1S/C33H45N2O9P/c1-8-9-10-11-12-28(36)23-14-16-26-27(18-23)35-29(37)24-17-22(13-15-25(24)34-26)19-45(40,43-20-41-30(38)32(2,3)4)44-21-42-31(39)33(5,6)7/h13-18,34H,8-12,19-21H2,1-7H3,(H,35,37). The van der Waals surface area contributed by atoms with Crippen LogP contribution in [-0.2, 0) is 38.8 Å². The van der Waals surface area contributed by atoms with Gasteiger partial charge in [0.15, 0.2) is 5.78 Å². The van der Waals surface area contributed by atoms with Crippen molar-refractivity contribution in [2.75, 3.05) is 24.2 Å². The number of anilines is 3. The molecule has 3 rings (SSSR count). The predicted octanol–water partition coefficient (Wildman–Crippen LogP) is 7.97. The fraction of sp³-hybridized carbons (Fsp3) is 0.515. The molecule has 0 saturated carbocycles. The SMILES string of the molecule is CCCCCCC(=O)c1ccc2c(c1)NC(=O)c1cc(CP(=O)(OCOC(=O)C(C)(C)C)OCOC(=O)C(C)(C)C)ccc1N2. The summed E-state index contributed by atoms with van der Waals surface area (Å²) in [6, 6.07) is 10.0. The van der Waals surface area contributed by atoms with Gasteiger partial charge in [0.25, 0.3) is 5.91 Å².